The van der Waals surface area contributed by atoms with Crippen LogP contribution in [0.4, 0.5) is 9.18 Å². The number of hydrogen-bond donors (Lipinski definition) is 0. The van der Waals surface area contributed by atoms with Crippen molar-refractivity contribution in [2.24, 2.45) is 0 Å². The molecule has 2 fully saturated rings. The lowest BCUT2D eigenvalue weighted by Gasteiger charge is -2.42. The number of rotatable bonds is 7. The highest BCUT2D eigenvalue weighted by Gasteiger charge is 2.57. The van der Waals surface area contributed by atoms with Crippen molar-refractivity contribution in [3.05, 3.63) is 102 Å². The summed E-state index contributed by atoms with van der Waals surface area (Å²) in [6, 6.07) is 21.9. The molecule has 5 rings (SSSR count). The molecule has 2 aromatic carbocycles. The molecule has 0 unspecified atom stereocenters. The average molecular weight is 473 g/mol. The van der Waals surface area contributed by atoms with Gasteiger partial charge in [0, 0.05) is 32.4 Å². The smallest absolute Gasteiger partial charge is 0.309 e. The molecule has 3 amide bonds. The molecule has 0 atom stereocenters. The number of hydrogen-bond acceptors (Lipinski definition) is 4. The van der Waals surface area contributed by atoms with Crippen molar-refractivity contribution >= 4 is 11.9 Å². The lowest BCUT2D eigenvalue weighted by atomic mass is 9.85. The fraction of sp³-hybridized carbons (Fsp3) is 0.321. The fourth-order valence-corrected chi connectivity index (χ4v) is 5.23. The van der Waals surface area contributed by atoms with Crippen molar-refractivity contribution in [3.63, 3.8) is 0 Å². The van der Waals surface area contributed by atoms with Crippen LogP contribution in [0.15, 0.2) is 79.0 Å². The van der Waals surface area contributed by atoms with Crippen LogP contribution in [0.3, 0.4) is 0 Å². The third kappa shape index (κ3) is 4.82. The Morgan fingerprint density at radius 3 is 2.31 bits per heavy atom. The molecule has 0 bridgehead atoms. The number of piperidine rings is 1. The zero-order valence-corrected chi connectivity index (χ0v) is 19.6. The standard InChI is InChI=1S/C28H29FN4O2/c29-24-10-6-9-23(19-24)20-31-17-13-28(14-18-31)26(34)32(21-25-11-4-5-15-30-25)27(35)33(28)16-12-22-7-2-1-3-8-22/h1-11,15,19H,12-14,16-18,20-21H2. The lowest BCUT2D eigenvalue weighted by molar-refractivity contribution is -0.136. The molecule has 35 heavy (non-hydrogen) atoms. The Kier molecular flexibility index (Phi) is 6.59. The minimum atomic E-state index is -0.848. The third-order valence-corrected chi connectivity index (χ3v) is 7.11. The Morgan fingerprint density at radius 2 is 1.60 bits per heavy atom. The maximum absolute atomic E-state index is 13.8. The van der Waals surface area contributed by atoms with Crippen LogP contribution in [-0.4, -0.2) is 56.8 Å². The van der Waals surface area contributed by atoms with E-state index >= 15 is 0 Å². The second-order valence-electron chi connectivity index (χ2n) is 9.32. The molecule has 2 aliphatic heterocycles. The Morgan fingerprint density at radius 1 is 0.857 bits per heavy atom. The van der Waals surface area contributed by atoms with Gasteiger partial charge in [-0.3, -0.25) is 19.6 Å². The van der Waals surface area contributed by atoms with Gasteiger partial charge in [0.15, 0.2) is 0 Å². The topological polar surface area (TPSA) is 56.8 Å². The minimum absolute atomic E-state index is 0.133. The predicted octanol–water partition coefficient (Wildman–Crippen LogP) is 4.26. The molecule has 6 nitrogen and oxygen atoms in total. The van der Waals surface area contributed by atoms with Crippen LogP contribution in [0.1, 0.15) is 29.7 Å². The largest absolute Gasteiger partial charge is 0.328 e. The first-order chi connectivity index (χ1) is 17.0. The number of benzene rings is 2. The van der Waals surface area contributed by atoms with Gasteiger partial charge in [0.05, 0.1) is 12.2 Å². The number of pyridine rings is 1. The molecule has 3 heterocycles. The van der Waals surface area contributed by atoms with Gasteiger partial charge in [-0.05, 0) is 54.7 Å². The second kappa shape index (κ2) is 9.96. The van der Waals surface area contributed by atoms with E-state index in [4.69, 9.17) is 0 Å². The van der Waals surface area contributed by atoms with Crippen molar-refractivity contribution in [1.29, 1.82) is 0 Å². The van der Waals surface area contributed by atoms with E-state index in [1.165, 1.54) is 11.0 Å². The monoisotopic (exact) mass is 472 g/mol. The maximum atomic E-state index is 13.8. The lowest BCUT2D eigenvalue weighted by Crippen LogP contribution is -2.56. The van der Waals surface area contributed by atoms with E-state index in [0.717, 1.165) is 11.1 Å². The molecule has 1 aromatic heterocycles. The molecule has 0 radical (unpaired) electrons. The van der Waals surface area contributed by atoms with Gasteiger partial charge >= 0.3 is 6.03 Å². The first-order valence-corrected chi connectivity index (χ1v) is 12.1. The highest BCUT2D eigenvalue weighted by Crippen LogP contribution is 2.38. The third-order valence-electron chi connectivity index (χ3n) is 7.11. The summed E-state index contributed by atoms with van der Waals surface area (Å²) in [6.07, 6.45) is 3.47. The fourth-order valence-electron chi connectivity index (χ4n) is 5.23. The Balaban J connectivity index is 1.35. The molecule has 180 valence electrons. The van der Waals surface area contributed by atoms with Crippen LogP contribution in [0.2, 0.25) is 0 Å². The van der Waals surface area contributed by atoms with Gasteiger partial charge < -0.3 is 4.90 Å². The van der Waals surface area contributed by atoms with Gasteiger partial charge in [0.2, 0.25) is 0 Å². The van der Waals surface area contributed by atoms with Gasteiger partial charge in [-0.25, -0.2) is 9.18 Å². The van der Waals surface area contributed by atoms with Crippen LogP contribution < -0.4 is 0 Å². The number of likely N-dealkylation sites (tertiary alicyclic amines) is 1. The second-order valence-corrected chi connectivity index (χ2v) is 9.32. The summed E-state index contributed by atoms with van der Waals surface area (Å²) in [7, 11) is 0. The van der Waals surface area contributed by atoms with Crippen molar-refractivity contribution in [2.75, 3.05) is 19.6 Å². The van der Waals surface area contributed by atoms with E-state index in [1.807, 2.05) is 54.6 Å². The number of imide groups is 1. The summed E-state index contributed by atoms with van der Waals surface area (Å²) < 4.78 is 13.6. The molecular formula is C28H29FN4O2. The molecule has 2 saturated heterocycles. The van der Waals surface area contributed by atoms with Gasteiger partial charge in [0.1, 0.15) is 11.4 Å². The summed E-state index contributed by atoms with van der Waals surface area (Å²) in [5.41, 5.74) is 1.89. The molecule has 3 aromatic rings. The summed E-state index contributed by atoms with van der Waals surface area (Å²) in [6.45, 7) is 2.60. The van der Waals surface area contributed by atoms with E-state index in [-0.39, 0.29) is 24.3 Å². The van der Waals surface area contributed by atoms with Crippen molar-refractivity contribution in [2.45, 2.75) is 37.9 Å². The number of urea groups is 1. The first kappa shape index (κ1) is 23.2. The number of halogens is 1. The number of amides is 3. The summed E-state index contributed by atoms with van der Waals surface area (Å²) >= 11 is 0. The zero-order chi connectivity index (χ0) is 24.3. The molecule has 2 aliphatic rings. The average Bonchev–Trinajstić information content (AvgIpc) is 3.06. The van der Waals surface area contributed by atoms with E-state index in [9.17, 15) is 14.0 Å². The van der Waals surface area contributed by atoms with Crippen molar-refractivity contribution < 1.29 is 14.0 Å². The Bertz CT molecular complexity index is 1180. The highest BCUT2D eigenvalue weighted by molar-refractivity contribution is 6.07. The van der Waals surface area contributed by atoms with E-state index in [2.05, 4.69) is 9.88 Å². The van der Waals surface area contributed by atoms with Crippen LogP contribution in [0, 0.1) is 5.82 Å². The van der Waals surface area contributed by atoms with Gasteiger partial charge in [-0.2, -0.15) is 0 Å². The van der Waals surface area contributed by atoms with Crippen LogP contribution in [-0.2, 0) is 24.3 Å². The van der Waals surface area contributed by atoms with Gasteiger partial charge in [0.25, 0.3) is 5.91 Å². The van der Waals surface area contributed by atoms with E-state index < -0.39 is 5.54 Å². The van der Waals surface area contributed by atoms with Crippen LogP contribution in [0.25, 0.3) is 0 Å². The summed E-state index contributed by atoms with van der Waals surface area (Å²) in [5.74, 6) is -0.378. The summed E-state index contributed by atoms with van der Waals surface area (Å²) in [4.78, 5) is 37.1. The molecule has 7 heteroatoms. The quantitative estimate of drug-likeness (QED) is 0.482. The first-order valence-electron chi connectivity index (χ1n) is 12.1. The summed E-state index contributed by atoms with van der Waals surface area (Å²) in [5, 5.41) is 0. The van der Waals surface area contributed by atoms with E-state index in [0.29, 0.717) is 51.1 Å². The number of aromatic nitrogens is 1. The molecule has 1 spiro atoms. The van der Waals surface area contributed by atoms with Crippen molar-refractivity contribution in [3.8, 4) is 0 Å². The van der Waals surface area contributed by atoms with Crippen LogP contribution >= 0.6 is 0 Å². The van der Waals surface area contributed by atoms with Crippen molar-refractivity contribution in [1.82, 2.24) is 19.7 Å². The number of carbonyl (C=O) groups is 2. The number of carbonyl (C=O) groups excluding carboxylic acids is 2. The number of nitrogens with zero attached hydrogens (tertiary/aromatic N) is 4. The predicted molar refractivity (Wildman–Crippen MR) is 131 cm³/mol. The molecule has 0 N–H and O–H groups in total. The SMILES string of the molecule is O=C1N(Cc2ccccn2)C(=O)C2(CCN(Cc3cccc(F)c3)CC2)N1CCc1ccccc1. The minimum Gasteiger partial charge on any atom is -0.309 e. The Hall–Kier alpha value is -3.58. The van der Waals surface area contributed by atoms with Gasteiger partial charge in [-0.1, -0.05) is 48.5 Å². The van der Waals surface area contributed by atoms with Gasteiger partial charge in [-0.15, -0.1) is 0 Å². The Labute approximate surface area is 205 Å². The molecular weight excluding hydrogens is 443 g/mol. The maximum Gasteiger partial charge on any atom is 0.328 e. The normalized spacial score (nSPS) is 18.0. The molecule has 0 aliphatic carbocycles. The molecule has 0 saturated carbocycles. The van der Waals surface area contributed by atoms with E-state index in [1.54, 1.807) is 23.2 Å². The zero-order valence-electron chi connectivity index (χ0n) is 19.6. The van der Waals surface area contributed by atoms with Crippen LogP contribution in [0.5, 0.6) is 0 Å². The highest BCUT2D eigenvalue weighted by atomic mass is 19.1.